The minimum Gasteiger partial charge on any atom is -0.496 e. The highest BCUT2D eigenvalue weighted by molar-refractivity contribution is 6.06. The maximum atomic E-state index is 11.7. The van der Waals surface area contributed by atoms with Crippen LogP contribution in [0.5, 0.6) is 5.75 Å². The smallest absolute Gasteiger partial charge is 0.191 e. The minimum absolute atomic E-state index is 0.0545. The molecule has 3 heteroatoms. The number of carbonyl (C=O) groups is 1. The van der Waals surface area contributed by atoms with Crippen molar-refractivity contribution in [1.29, 1.82) is 0 Å². The van der Waals surface area contributed by atoms with Gasteiger partial charge in [-0.05, 0) is 12.1 Å². The molecule has 3 nitrogen and oxygen atoms in total. The third-order valence-electron chi connectivity index (χ3n) is 1.90. The summed E-state index contributed by atoms with van der Waals surface area (Å²) in [5, 5.41) is 0. The quantitative estimate of drug-likeness (QED) is 0.556. The molecular formula is C12H15NO2. The van der Waals surface area contributed by atoms with E-state index in [4.69, 9.17) is 4.74 Å². The summed E-state index contributed by atoms with van der Waals surface area (Å²) in [5.41, 5.74) is 0.582. The summed E-state index contributed by atoms with van der Waals surface area (Å²) in [7, 11) is 5.29. The molecule has 0 fully saturated rings. The molecular weight excluding hydrogens is 190 g/mol. The summed E-state index contributed by atoms with van der Waals surface area (Å²) in [5.74, 6) is 0.548. The minimum atomic E-state index is -0.0545. The highest BCUT2D eigenvalue weighted by Crippen LogP contribution is 2.17. The first-order valence-corrected chi connectivity index (χ1v) is 4.67. The molecule has 0 aliphatic rings. The zero-order chi connectivity index (χ0) is 11.3. The normalized spacial score (nSPS) is 10.3. The second-order valence-electron chi connectivity index (χ2n) is 3.34. The number of nitrogens with zero attached hydrogens (tertiary/aromatic N) is 1. The lowest BCUT2D eigenvalue weighted by molar-refractivity contribution is 0.104. The van der Waals surface area contributed by atoms with Crippen LogP contribution in [0.2, 0.25) is 0 Å². The number of methoxy groups -OCH3 is 1. The molecule has 0 aliphatic heterocycles. The summed E-state index contributed by atoms with van der Waals surface area (Å²) in [6.45, 7) is 0. The van der Waals surface area contributed by atoms with E-state index < -0.39 is 0 Å². The van der Waals surface area contributed by atoms with Crippen LogP contribution in [0.4, 0.5) is 0 Å². The SMILES string of the molecule is COc1ccccc1C(=O)/C=C/N(C)C. The molecule has 1 aromatic rings. The van der Waals surface area contributed by atoms with Crippen LogP contribution >= 0.6 is 0 Å². The van der Waals surface area contributed by atoms with E-state index in [-0.39, 0.29) is 5.78 Å². The fraction of sp³-hybridized carbons (Fsp3) is 0.250. The van der Waals surface area contributed by atoms with E-state index in [1.54, 1.807) is 25.4 Å². The van der Waals surface area contributed by atoms with Crippen LogP contribution in [-0.2, 0) is 0 Å². The summed E-state index contributed by atoms with van der Waals surface area (Å²) >= 11 is 0. The molecule has 0 amide bonds. The van der Waals surface area contributed by atoms with Crippen molar-refractivity contribution in [3.63, 3.8) is 0 Å². The van der Waals surface area contributed by atoms with Crippen LogP contribution in [0.15, 0.2) is 36.5 Å². The molecule has 0 heterocycles. The number of ether oxygens (including phenoxy) is 1. The molecule has 0 atom stereocenters. The maximum Gasteiger partial charge on any atom is 0.191 e. The molecule has 1 aromatic carbocycles. The second-order valence-corrected chi connectivity index (χ2v) is 3.34. The number of hydrogen-bond acceptors (Lipinski definition) is 3. The summed E-state index contributed by atoms with van der Waals surface area (Å²) < 4.78 is 5.10. The zero-order valence-corrected chi connectivity index (χ0v) is 9.23. The van der Waals surface area contributed by atoms with Crippen LogP contribution in [-0.4, -0.2) is 31.9 Å². The van der Waals surface area contributed by atoms with E-state index in [2.05, 4.69) is 0 Å². The lowest BCUT2D eigenvalue weighted by Crippen LogP contribution is -2.04. The number of allylic oxidation sites excluding steroid dienone is 1. The molecule has 0 aliphatic carbocycles. The average Bonchev–Trinajstić information content (AvgIpc) is 2.25. The molecule has 15 heavy (non-hydrogen) atoms. The van der Waals surface area contributed by atoms with Crippen LogP contribution in [0.25, 0.3) is 0 Å². The number of hydrogen-bond donors (Lipinski definition) is 0. The molecule has 1 rings (SSSR count). The molecule has 0 spiro atoms. The highest BCUT2D eigenvalue weighted by Gasteiger charge is 2.07. The van der Waals surface area contributed by atoms with Crippen molar-refractivity contribution in [2.75, 3.05) is 21.2 Å². The number of carbonyl (C=O) groups excluding carboxylic acids is 1. The lowest BCUT2D eigenvalue weighted by atomic mass is 10.1. The van der Waals surface area contributed by atoms with Gasteiger partial charge in [0.15, 0.2) is 5.78 Å². The second kappa shape index (κ2) is 5.20. The van der Waals surface area contributed by atoms with E-state index in [1.807, 2.05) is 31.1 Å². The fourth-order valence-corrected chi connectivity index (χ4v) is 1.15. The van der Waals surface area contributed by atoms with E-state index in [0.29, 0.717) is 11.3 Å². The van der Waals surface area contributed by atoms with Gasteiger partial charge in [0.1, 0.15) is 5.75 Å². The lowest BCUT2D eigenvalue weighted by Gasteiger charge is -2.06. The monoisotopic (exact) mass is 205 g/mol. The first kappa shape index (κ1) is 11.3. The zero-order valence-electron chi connectivity index (χ0n) is 9.23. The number of ketones is 1. The molecule has 0 radical (unpaired) electrons. The van der Waals surface area contributed by atoms with E-state index >= 15 is 0 Å². The third kappa shape index (κ3) is 3.13. The number of benzene rings is 1. The van der Waals surface area contributed by atoms with E-state index in [0.717, 1.165) is 0 Å². The number of para-hydroxylation sites is 1. The van der Waals surface area contributed by atoms with Crippen molar-refractivity contribution < 1.29 is 9.53 Å². The van der Waals surface area contributed by atoms with Crippen molar-refractivity contribution in [1.82, 2.24) is 4.90 Å². The summed E-state index contributed by atoms with van der Waals surface area (Å²) in [6, 6.07) is 7.18. The van der Waals surface area contributed by atoms with Gasteiger partial charge in [-0.3, -0.25) is 4.79 Å². The predicted octanol–water partition coefficient (Wildman–Crippen LogP) is 1.95. The molecule has 0 saturated carbocycles. The van der Waals surface area contributed by atoms with Gasteiger partial charge in [0.05, 0.1) is 12.7 Å². The van der Waals surface area contributed by atoms with Crippen molar-refractivity contribution >= 4 is 5.78 Å². The van der Waals surface area contributed by atoms with Crippen molar-refractivity contribution in [2.24, 2.45) is 0 Å². The van der Waals surface area contributed by atoms with Crippen LogP contribution < -0.4 is 4.74 Å². The number of rotatable bonds is 4. The third-order valence-corrected chi connectivity index (χ3v) is 1.90. The maximum absolute atomic E-state index is 11.7. The Bertz CT molecular complexity index is 370. The van der Waals surface area contributed by atoms with Gasteiger partial charge in [-0.15, -0.1) is 0 Å². The van der Waals surface area contributed by atoms with Gasteiger partial charge in [-0.2, -0.15) is 0 Å². The van der Waals surface area contributed by atoms with Crippen molar-refractivity contribution in [2.45, 2.75) is 0 Å². The average molecular weight is 205 g/mol. The topological polar surface area (TPSA) is 29.5 Å². The Labute approximate surface area is 90.0 Å². The largest absolute Gasteiger partial charge is 0.496 e. The Morgan fingerprint density at radius 2 is 2.00 bits per heavy atom. The summed E-state index contributed by atoms with van der Waals surface area (Å²) in [4.78, 5) is 13.5. The fourth-order valence-electron chi connectivity index (χ4n) is 1.15. The van der Waals surface area contributed by atoms with Crippen LogP contribution in [0.1, 0.15) is 10.4 Å². The summed E-state index contributed by atoms with van der Waals surface area (Å²) in [6.07, 6.45) is 3.24. The molecule has 80 valence electrons. The standard InChI is InChI=1S/C12H15NO2/c1-13(2)9-8-11(14)10-6-4-5-7-12(10)15-3/h4-9H,1-3H3/b9-8+. The Balaban J connectivity index is 2.91. The molecule has 0 unspecified atom stereocenters. The van der Waals surface area contributed by atoms with Crippen molar-refractivity contribution in [3.8, 4) is 5.75 Å². The van der Waals surface area contributed by atoms with Gasteiger partial charge >= 0.3 is 0 Å². The Morgan fingerprint density at radius 3 is 2.60 bits per heavy atom. The van der Waals surface area contributed by atoms with Gasteiger partial charge in [-0.25, -0.2) is 0 Å². The molecule has 0 aromatic heterocycles. The van der Waals surface area contributed by atoms with Gasteiger partial charge in [0.2, 0.25) is 0 Å². The Hall–Kier alpha value is -1.77. The first-order chi connectivity index (χ1) is 7.15. The van der Waals surface area contributed by atoms with Gasteiger partial charge in [0.25, 0.3) is 0 Å². The van der Waals surface area contributed by atoms with Crippen molar-refractivity contribution in [3.05, 3.63) is 42.1 Å². The van der Waals surface area contributed by atoms with Gasteiger partial charge < -0.3 is 9.64 Å². The Morgan fingerprint density at radius 1 is 1.33 bits per heavy atom. The van der Waals surface area contributed by atoms with Gasteiger partial charge in [-0.1, -0.05) is 12.1 Å². The molecule has 0 N–H and O–H groups in total. The Kier molecular flexibility index (Phi) is 3.92. The predicted molar refractivity (Wildman–Crippen MR) is 60.2 cm³/mol. The van der Waals surface area contributed by atoms with Crippen LogP contribution in [0.3, 0.4) is 0 Å². The first-order valence-electron chi connectivity index (χ1n) is 4.67. The highest BCUT2D eigenvalue weighted by atomic mass is 16.5. The van der Waals surface area contributed by atoms with Gasteiger partial charge in [0, 0.05) is 26.4 Å². The molecule has 0 saturated heterocycles. The molecule has 0 bridgehead atoms. The van der Waals surface area contributed by atoms with E-state index in [9.17, 15) is 4.79 Å². The van der Waals surface area contributed by atoms with E-state index in [1.165, 1.54) is 6.08 Å². The van der Waals surface area contributed by atoms with Crippen LogP contribution in [0, 0.1) is 0 Å².